The molecule has 1 aromatic carbocycles. The SMILES string of the molecule is CC(=O)O[C@H]1O[C@@H](COC(=O)c2ccc(C)cc2)[C@H](N=[N+]=[N-])[C@@H]1OC(C)=O. The van der Waals surface area contributed by atoms with Crippen molar-refractivity contribution in [3.8, 4) is 0 Å². The standard InChI is InChI=1S/C17H19N3O7/c1-9-4-6-12(7-5-9)16(23)24-8-13-14(19-20-18)15(25-10(2)21)17(27-13)26-11(3)22/h4-7,13-15,17H,8H2,1-3H3/t13-,14-,15-,17-/m0/s1. The molecule has 1 saturated heterocycles. The number of carbonyl (C=O) groups is 3. The lowest BCUT2D eigenvalue weighted by atomic mass is 10.1. The quantitative estimate of drug-likeness (QED) is 0.243. The van der Waals surface area contributed by atoms with E-state index in [-0.39, 0.29) is 6.61 Å². The van der Waals surface area contributed by atoms with Gasteiger partial charge in [-0.2, -0.15) is 0 Å². The number of esters is 3. The Morgan fingerprint density at radius 2 is 1.78 bits per heavy atom. The van der Waals surface area contributed by atoms with E-state index in [1.54, 1.807) is 24.3 Å². The van der Waals surface area contributed by atoms with Crippen LogP contribution in [0, 0.1) is 6.92 Å². The zero-order valence-corrected chi connectivity index (χ0v) is 15.0. The van der Waals surface area contributed by atoms with E-state index in [9.17, 15) is 14.4 Å². The van der Waals surface area contributed by atoms with Gasteiger partial charge in [0.25, 0.3) is 0 Å². The summed E-state index contributed by atoms with van der Waals surface area (Å²) in [6, 6.07) is 5.72. The van der Waals surface area contributed by atoms with Gasteiger partial charge in [-0.3, -0.25) is 9.59 Å². The summed E-state index contributed by atoms with van der Waals surface area (Å²) in [6.07, 6.45) is -3.38. The zero-order valence-electron chi connectivity index (χ0n) is 15.0. The predicted octanol–water partition coefficient (Wildman–Crippen LogP) is 2.05. The molecule has 0 aromatic heterocycles. The summed E-state index contributed by atoms with van der Waals surface area (Å²) in [7, 11) is 0. The largest absolute Gasteiger partial charge is 0.459 e. The molecule has 0 spiro atoms. The van der Waals surface area contributed by atoms with Crippen molar-refractivity contribution < 1.29 is 33.3 Å². The maximum atomic E-state index is 12.1. The first-order chi connectivity index (χ1) is 12.8. The van der Waals surface area contributed by atoms with Gasteiger partial charge < -0.3 is 18.9 Å². The Morgan fingerprint density at radius 3 is 2.33 bits per heavy atom. The molecule has 4 atom stereocenters. The molecule has 0 aliphatic carbocycles. The zero-order chi connectivity index (χ0) is 20.0. The Balaban J connectivity index is 2.11. The monoisotopic (exact) mass is 377 g/mol. The fourth-order valence-electron chi connectivity index (χ4n) is 2.55. The van der Waals surface area contributed by atoms with Crippen molar-refractivity contribution in [1.29, 1.82) is 0 Å². The average molecular weight is 377 g/mol. The number of hydrogen-bond acceptors (Lipinski definition) is 8. The highest BCUT2D eigenvalue weighted by Gasteiger charge is 2.49. The van der Waals surface area contributed by atoms with Crippen molar-refractivity contribution in [2.24, 2.45) is 5.11 Å². The molecule has 1 aromatic rings. The van der Waals surface area contributed by atoms with Crippen LogP contribution in [0.15, 0.2) is 29.4 Å². The third kappa shape index (κ3) is 5.44. The lowest BCUT2D eigenvalue weighted by molar-refractivity contribution is -0.195. The third-order valence-corrected chi connectivity index (χ3v) is 3.73. The second kappa shape index (κ2) is 9.02. The number of rotatable bonds is 6. The fourth-order valence-corrected chi connectivity index (χ4v) is 2.55. The molecule has 0 bridgehead atoms. The van der Waals surface area contributed by atoms with E-state index in [2.05, 4.69) is 10.0 Å². The number of carbonyl (C=O) groups excluding carboxylic acids is 3. The van der Waals surface area contributed by atoms with Crippen LogP contribution in [-0.4, -0.2) is 49.1 Å². The first-order valence-electron chi connectivity index (χ1n) is 8.09. The molecule has 0 unspecified atom stereocenters. The van der Waals surface area contributed by atoms with Gasteiger partial charge in [0, 0.05) is 18.8 Å². The van der Waals surface area contributed by atoms with Crippen LogP contribution >= 0.6 is 0 Å². The number of benzene rings is 1. The topological polar surface area (TPSA) is 137 Å². The van der Waals surface area contributed by atoms with Gasteiger partial charge in [-0.1, -0.05) is 22.8 Å². The van der Waals surface area contributed by atoms with Gasteiger partial charge in [0.1, 0.15) is 18.8 Å². The van der Waals surface area contributed by atoms with E-state index in [4.69, 9.17) is 24.5 Å². The van der Waals surface area contributed by atoms with Crippen molar-refractivity contribution in [1.82, 2.24) is 0 Å². The lowest BCUT2D eigenvalue weighted by Crippen LogP contribution is -2.38. The molecule has 144 valence electrons. The second-order valence-electron chi connectivity index (χ2n) is 5.89. The number of azide groups is 1. The fraction of sp³-hybridized carbons (Fsp3) is 0.471. The minimum Gasteiger partial charge on any atom is -0.459 e. The van der Waals surface area contributed by atoms with Crippen LogP contribution in [0.4, 0.5) is 0 Å². The molecular formula is C17H19N3O7. The lowest BCUT2D eigenvalue weighted by Gasteiger charge is -2.19. The van der Waals surface area contributed by atoms with Gasteiger partial charge in [0.15, 0.2) is 6.10 Å². The molecule has 0 N–H and O–H groups in total. The van der Waals surface area contributed by atoms with Gasteiger partial charge in [-0.25, -0.2) is 4.79 Å². The van der Waals surface area contributed by atoms with Crippen LogP contribution in [0.25, 0.3) is 10.4 Å². The predicted molar refractivity (Wildman–Crippen MR) is 90.4 cm³/mol. The van der Waals surface area contributed by atoms with Crippen molar-refractivity contribution in [2.45, 2.75) is 45.3 Å². The maximum Gasteiger partial charge on any atom is 0.338 e. The van der Waals surface area contributed by atoms with Gasteiger partial charge >= 0.3 is 17.9 Å². The van der Waals surface area contributed by atoms with E-state index in [1.165, 1.54) is 0 Å². The molecular weight excluding hydrogens is 358 g/mol. The number of nitrogens with zero attached hydrogens (tertiary/aromatic N) is 3. The summed E-state index contributed by atoms with van der Waals surface area (Å²) in [5.74, 6) is -1.94. The van der Waals surface area contributed by atoms with Gasteiger partial charge in [-0.05, 0) is 24.6 Å². The summed E-state index contributed by atoms with van der Waals surface area (Å²) in [5.41, 5.74) is 10.1. The first kappa shape index (κ1) is 20.2. The Hall–Kier alpha value is -3.10. The normalized spacial score (nSPS) is 23.8. The van der Waals surface area contributed by atoms with Crippen molar-refractivity contribution >= 4 is 17.9 Å². The molecule has 0 radical (unpaired) electrons. The first-order valence-corrected chi connectivity index (χ1v) is 8.09. The van der Waals surface area contributed by atoms with Crippen LogP contribution in [-0.2, 0) is 28.5 Å². The Morgan fingerprint density at radius 1 is 1.15 bits per heavy atom. The van der Waals surface area contributed by atoms with Crippen molar-refractivity contribution in [2.75, 3.05) is 6.61 Å². The molecule has 1 aliphatic rings. The number of hydrogen-bond donors (Lipinski definition) is 0. The smallest absolute Gasteiger partial charge is 0.338 e. The Bertz CT molecular complexity index is 758. The molecule has 27 heavy (non-hydrogen) atoms. The summed E-state index contributed by atoms with van der Waals surface area (Å²) >= 11 is 0. The van der Waals surface area contributed by atoms with Crippen molar-refractivity contribution in [3.05, 3.63) is 45.8 Å². The molecule has 1 heterocycles. The van der Waals surface area contributed by atoms with Crippen molar-refractivity contribution in [3.63, 3.8) is 0 Å². The van der Waals surface area contributed by atoms with Gasteiger partial charge in [0.05, 0.1) is 5.56 Å². The van der Waals surface area contributed by atoms with Crippen LogP contribution < -0.4 is 0 Å². The average Bonchev–Trinajstić information content (AvgIpc) is 2.89. The number of ether oxygens (including phenoxy) is 4. The van der Waals surface area contributed by atoms with Crippen LogP contribution in [0.5, 0.6) is 0 Å². The molecule has 10 nitrogen and oxygen atoms in total. The van der Waals surface area contributed by atoms with Crippen LogP contribution in [0.1, 0.15) is 29.8 Å². The minimum absolute atomic E-state index is 0.286. The summed E-state index contributed by atoms with van der Waals surface area (Å²) in [5, 5.41) is 3.56. The summed E-state index contributed by atoms with van der Waals surface area (Å²) in [4.78, 5) is 37.4. The highest BCUT2D eigenvalue weighted by molar-refractivity contribution is 5.89. The van der Waals surface area contributed by atoms with E-state index >= 15 is 0 Å². The Kier molecular flexibility index (Phi) is 6.75. The maximum absolute atomic E-state index is 12.1. The van der Waals surface area contributed by atoms with Crippen LogP contribution in [0.2, 0.25) is 0 Å². The van der Waals surface area contributed by atoms with Gasteiger partial charge in [0.2, 0.25) is 6.29 Å². The molecule has 0 amide bonds. The molecule has 10 heteroatoms. The second-order valence-corrected chi connectivity index (χ2v) is 5.89. The Labute approximate surface area is 155 Å². The third-order valence-electron chi connectivity index (χ3n) is 3.73. The summed E-state index contributed by atoms with van der Waals surface area (Å²) in [6.45, 7) is 3.91. The minimum atomic E-state index is -1.27. The van der Waals surface area contributed by atoms with E-state index in [0.29, 0.717) is 5.56 Å². The highest BCUT2D eigenvalue weighted by Crippen LogP contribution is 2.28. The van der Waals surface area contributed by atoms with Gasteiger partial charge in [-0.15, -0.1) is 0 Å². The molecule has 0 saturated carbocycles. The van der Waals surface area contributed by atoms with E-state index in [0.717, 1.165) is 19.4 Å². The number of aryl methyl sites for hydroxylation is 1. The summed E-state index contributed by atoms with van der Waals surface area (Å²) < 4.78 is 20.8. The van der Waals surface area contributed by atoms with E-state index < -0.39 is 42.4 Å². The highest BCUT2D eigenvalue weighted by atomic mass is 16.7. The van der Waals surface area contributed by atoms with Crippen LogP contribution in [0.3, 0.4) is 0 Å². The molecule has 1 aliphatic heterocycles. The molecule has 1 fully saturated rings. The van der Waals surface area contributed by atoms with E-state index in [1.807, 2.05) is 6.92 Å². The molecule has 2 rings (SSSR count).